The number of carbonyl (C=O) groups excluding carboxylic acids is 2. The summed E-state index contributed by atoms with van der Waals surface area (Å²) in [5, 5.41) is 3.81. The van der Waals surface area contributed by atoms with Gasteiger partial charge in [0.15, 0.2) is 0 Å². The molecule has 1 saturated carbocycles. The number of anilines is 1. The van der Waals surface area contributed by atoms with Crippen molar-refractivity contribution in [1.29, 1.82) is 0 Å². The minimum Gasteiger partial charge on any atom is -0.381 e. The highest BCUT2D eigenvalue weighted by atomic mass is 35.5. The molecule has 4 heterocycles. The van der Waals surface area contributed by atoms with Crippen LogP contribution in [0.1, 0.15) is 54.4 Å². The molecule has 3 fully saturated rings. The van der Waals surface area contributed by atoms with Crippen molar-refractivity contribution >= 4 is 29.4 Å². The average molecular weight is 510 g/mol. The van der Waals surface area contributed by atoms with Gasteiger partial charge in [0, 0.05) is 50.0 Å². The van der Waals surface area contributed by atoms with Gasteiger partial charge in [-0.05, 0) is 49.1 Å². The molecule has 2 unspecified atom stereocenters. The lowest BCUT2D eigenvalue weighted by Crippen LogP contribution is -2.39. The lowest BCUT2D eigenvalue weighted by Gasteiger charge is -2.23. The van der Waals surface area contributed by atoms with Gasteiger partial charge in [0.25, 0.3) is 5.91 Å². The van der Waals surface area contributed by atoms with Crippen LogP contribution in [0.5, 0.6) is 0 Å². The van der Waals surface area contributed by atoms with Gasteiger partial charge < -0.3 is 19.9 Å². The fourth-order valence-electron chi connectivity index (χ4n) is 6.17. The molecule has 6 rings (SSSR count). The van der Waals surface area contributed by atoms with Crippen molar-refractivity contribution in [2.75, 3.05) is 38.2 Å². The molecule has 0 spiro atoms. The topological polar surface area (TPSA) is 87.7 Å². The Morgan fingerprint density at radius 1 is 1.11 bits per heavy atom. The maximum absolute atomic E-state index is 13.3. The number of halogens is 1. The largest absolute Gasteiger partial charge is 0.381 e. The first kappa shape index (κ1) is 23.7. The van der Waals surface area contributed by atoms with E-state index in [4.69, 9.17) is 16.3 Å². The van der Waals surface area contributed by atoms with Crippen molar-refractivity contribution in [2.24, 2.45) is 11.8 Å². The zero-order chi connectivity index (χ0) is 24.6. The number of rotatable bonds is 5. The molecule has 2 saturated heterocycles. The van der Waals surface area contributed by atoms with Crippen LogP contribution in [0.2, 0.25) is 5.02 Å². The first-order valence-corrected chi connectivity index (χ1v) is 13.5. The van der Waals surface area contributed by atoms with Gasteiger partial charge in [0.2, 0.25) is 11.9 Å². The van der Waals surface area contributed by atoms with Gasteiger partial charge in [0.05, 0.1) is 16.9 Å². The number of hydrogen-bond donors (Lipinski definition) is 1. The van der Waals surface area contributed by atoms with Crippen LogP contribution in [0.4, 0.5) is 5.95 Å². The second-order valence-electron chi connectivity index (χ2n) is 10.6. The number of ether oxygens (including phenoxy) is 1. The average Bonchev–Trinajstić information content (AvgIpc) is 3.47. The number of nitrogens with one attached hydrogen (secondary N) is 1. The molecule has 4 aliphatic rings. The van der Waals surface area contributed by atoms with Crippen molar-refractivity contribution in [3.8, 4) is 11.3 Å². The molecule has 1 aromatic heterocycles. The summed E-state index contributed by atoms with van der Waals surface area (Å²) < 4.78 is 5.42. The zero-order valence-corrected chi connectivity index (χ0v) is 21.2. The molecule has 36 heavy (non-hydrogen) atoms. The number of carbonyl (C=O) groups is 2. The number of nitrogens with zero attached hydrogens (tertiary/aromatic N) is 4. The first-order valence-electron chi connectivity index (χ1n) is 13.1. The predicted octanol–water partition coefficient (Wildman–Crippen LogP) is 3.99. The van der Waals surface area contributed by atoms with E-state index in [1.165, 1.54) is 25.7 Å². The maximum Gasteiger partial charge on any atom is 0.254 e. The highest BCUT2D eigenvalue weighted by Crippen LogP contribution is 2.36. The normalized spacial score (nSPS) is 24.1. The Labute approximate surface area is 216 Å². The Morgan fingerprint density at radius 3 is 2.61 bits per heavy atom. The Morgan fingerprint density at radius 2 is 1.86 bits per heavy atom. The smallest absolute Gasteiger partial charge is 0.254 e. The summed E-state index contributed by atoms with van der Waals surface area (Å²) in [6, 6.07) is 6.00. The molecule has 2 amide bonds. The van der Waals surface area contributed by atoms with E-state index in [-0.39, 0.29) is 24.4 Å². The quantitative estimate of drug-likeness (QED) is 0.655. The van der Waals surface area contributed by atoms with Crippen LogP contribution < -0.4 is 5.32 Å². The molecule has 2 atom stereocenters. The second-order valence-corrected chi connectivity index (χ2v) is 11.0. The summed E-state index contributed by atoms with van der Waals surface area (Å²) in [6.45, 7) is 3.73. The van der Waals surface area contributed by atoms with E-state index in [2.05, 4.69) is 15.3 Å². The van der Waals surface area contributed by atoms with E-state index in [1.54, 1.807) is 11.1 Å². The summed E-state index contributed by atoms with van der Waals surface area (Å²) in [5.74, 6) is 1.75. The Hall–Kier alpha value is -2.71. The standard InChI is InChI=1S/C27H32ClN5O3/c28-23-12-29-27(30-21-7-9-36-10-8-21)31-25(23)17-5-6-20-15-33(26(35)22(20)11-17)16-24(34)32-13-18-3-1-2-4-19(18)14-32/h5-6,11-12,18-19,21H,1-4,7-10,13-16H2,(H,29,30,31). The Kier molecular flexibility index (Phi) is 6.56. The summed E-state index contributed by atoms with van der Waals surface area (Å²) in [4.78, 5) is 39.0. The minimum absolute atomic E-state index is 0.0634. The molecular formula is C27H32ClN5O3. The first-order chi connectivity index (χ1) is 17.5. The number of hydrogen-bond acceptors (Lipinski definition) is 6. The van der Waals surface area contributed by atoms with Gasteiger partial charge >= 0.3 is 0 Å². The number of amides is 2. The van der Waals surface area contributed by atoms with E-state index in [0.717, 1.165) is 50.3 Å². The molecular weight excluding hydrogens is 478 g/mol. The lowest BCUT2D eigenvalue weighted by atomic mass is 9.82. The van der Waals surface area contributed by atoms with Crippen molar-refractivity contribution in [3.05, 3.63) is 40.5 Å². The van der Waals surface area contributed by atoms with Gasteiger partial charge in [-0.15, -0.1) is 0 Å². The molecule has 190 valence electrons. The summed E-state index contributed by atoms with van der Waals surface area (Å²) in [6.07, 6.45) is 8.40. The van der Waals surface area contributed by atoms with Crippen molar-refractivity contribution in [3.63, 3.8) is 0 Å². The molecule has 0 radical (unpaired) electrons. The van der Waals surface area contributed by atoms with Crippen LogP contribution in [0.25, 0.3) is 11.3 Å². The number of benzene rings is 1. The molecule has 1 aromatic carbocycles. The molecule has 9 heteroatoms. The fourth-order valence-corrected chi connectivity index (χ4v) is 6.37. The van der Waals surface area contributed by atoms with Gasteiger partial charge in [-0.2, -0.15) is 0 Å². The van der Waals surface area contributed by atoms with Crippen molar-refractivity contribution in [1.82, 2.24) is 19.8 Å². The number of fused-ring (bicyclic) bond motifs is 2. The SMILES string of the molecule is O=C(CN1Cc2ccc(-c3nc(NC4CCOCC4)ncc3Cl)cc2C1=O)N1CC2CCCCC2C1. The number of aromatic nitrogens is 2. The second kappa shape index (κ2) is 9.98. The minimum atomic E-state index is -0.109. The van der Waals surface area contributed by atoms with Crippen LogP contribution in [0.15, 0.2) is 24.4 Å². The highest BCUT2D eigenvalue weighted by molar-refractivity contribution is 6.33. The molecule has 3 aliphatic heterocycles. The molecule has 1 N–H and O–H groups in total. The lowest BCUT2D eigenvalue weighted by molar-refractivity contribution is -0.131. The molecule has 1 aliphatic carbocycles. The molecule has 0 bridgehead atoms. The predicted molar refractivity (Wildman–Crippen MR) is 137 cm³/mol. The van der Waals surface area contributed by atoms with Gasteiger partial charge in [0.1, 0.15) is 6.54 Å². The van der Waals surface area contributed by atoms with Crippen LogP contribution >= 0.6 is 11.6 Å². The van der Waals surface area contributed by atoms with E-state index < -0.39 is 0 Å². The Bertz CT molecular complexity index is 1150. The number of likely N-dealkylation sites (tertiary alicyclic amines) is 1. The van der Waals surface area contributed by atoms with Gasteiger partial charge in [-0.1, -0.05) is 36.6 Å². The van der Waals surface area contributed by atoms with Crippen LogP contribution in [0.3, 0.4) is 0 Å². The fraction of sp³-hybridized carbons (Fsp3) is 0.556. The highest BCUT2D eigenvalue weighted by Gasteiger charge is 2.38. The van der Waals surface area contributed by atoms with Gasteiger partial charge in [-0.25, -0.2) is 9.97 Å². The third kappa shape index (κ3) is 4.68. The van der Waals surface area contributed by atoms with Gasteiger partial charge in [-0.3, -0.25) is 9.59 Å². The van der Waals surface area contributed by atoms with Crippen molar-refractivity contribution in [2.45, 2.75) is 51.1 Å². The van der Waals surface area contributed by atoms with Crippen LogP contribution in [0, 0.1) is 11.8 Å². The molecule has 8 nitrogen and oxygen atoms in total. The monoisotopic (exact) mass is 509 g/mol. The third-order valence-corrected chi connectivity index (χ3v) is 8.49. The zero-order valence-electron chi connectivity index (χ0n) is 20.4. The molecule has 2 aromatic rings. The van der Waals surface area contributed by atoms with E-state index in [1.807, 2.05) is 23.1 Å². The summed E-state index contributed by atoms with van der Waals surface area (Å²) in [7, 11) is 0. The van der Waals surface area contributed by atoms with E-state index >= 15 is 0 Å². The van der Waals surface area contributed by atoms with E-state index in [9.17, 15) is 9.59 Å². The Balaban J connectivity index is 1.15. The van der Waals surface area contributed by atoms with Crippen LogP contribution in [-0.4, -0.2) is 70.5 Å². The summed E-state index contributed by atoms with van der Waals surface area (Å²) in [5.41, 5.74) is 2.90. The van der Waals surface area contributed by atoms with Crippen molar-refractivity contribution < 1.29 is 14.3 Å². The van der Waals surface area contributed by atoms with Crippen LogP contribution in [-0.2, 0) is 16.1 Å². The van der Waals surface area contributed by atoms with E-state index in [0.29, 0.717) is 40.6 Å². The summed E-state index contributed by atoms with van der Waals surface area (Å²) >= 11 is 6.46. The maximum atomic E-state index is 13.3. The third-order valence-electron chi connectivity index (χ3n) is 8.22.